The molecule has 0 fully saturated rings. The third-order valence-electron chi connectivity index (χ3n) is 4.15. The van der Waals surface area contributed by atoms with Gasteiger partial charge in [0.1, 0.15) is 5.75 Å². The summed E-state index contributed by atoms with van der Waals surface area (Å²) in [5.41, 5.74) is 0.901. The normalized spacial score (nSPS) is 11.0. The standard InChI is InChI=1S/C23H28N4O3S.HI/c1-17(2)30-19-9-7-18(8-10-19)27-23(25-12-11-20-5-4-16-31-20)26-14-13-24-22(28)21-6-3-15-29-21;/h3-10,15-17H,11-14H2,1-2H3,(H,24,28)(H2,25,26,27);1H. The van der Waals surface area contributed by atoms with Crippen LogP contribution in [-0.4, -0.2) is 37.6 Å². The minimum absolute atomic E-state index is 0. The molecule has 9 heteroatoms. The number of carbonyl (C=O) groups excluding carboxylic acids is 1. The Kier molecular flexibility index (Phi) is 11.1. The number of furan rings is 1. The van der Waals surface area contributed by atoms with Gasteiger partial charge in [-0.1, -0.05) is 6.07 Å². The summed E-state index contributed by atoms with van der Waals surface area (Å²) in [5.74, 6) is 1.54. The number of rotatable bonds is 10. The maximum atomic E-state index is 12.0. The van der Waals surface area contributed by atoms with E-state index in [1.807, 2.05) is 44.2 Å². The second-order valence-corrected chi connectivity index (χ2v) is 8.07. The first kappa shape index (κ1) is 25.7. The highest BCUT2D eigenvalue weighted by atomic mass is 127. The van der Waals surface area contributed by atoms with Gasteiger partial charge < -0.3 is 25.1 Å². The van der Waals surface area contributed by atoms with Gasteiger partial charge in [0.15, 0.2) is 11.7 Å². The second kappa shape index (κ2) is 13.8. The monoisotopic (exact) mass is 568 g/mol. The van der Waals surface area contributed by atoms with Crippen molar-refractivity contribution in [3.8, 4) is 5.75 Å². The summed E-state index contributed by atoms with van der Waals surface area (Å²) in [5, 5.41) is 11.5. The van der Waals surface area contributed by atoms with Crippen LogP contribution in [0.15, 0.2) is 69.6 Å². The fourth-order valence-electron chi connectivity index (χ4n) is 2.75. The van der Waals surface area contributed by atoms with Crippen molar-refractivity contribution in [2.24, 2.45) is 4.99 Å². The van der Waals surface area contributed by atoms with Gasteiger partial charge in [0.2, 0.25) is 0 Å². The van der Waals surface area contributed by atoms with E-state index in [9.17, 15) is 4.79 Å². The number of guanidine groups is 1. The van der Waals surface area contributed by atoms with Crippen LogP contribution in [0.25, 0.3) is 0 Å². The van der Waals surface area contributed by atoms with Crippen LogP contribution >= 0.6 is 35.3 Å². The number of aliphatic imine (C=N–C) groups is 1. The molecule has 2 aromatic heterocycles. The zero-order chi connectivity index (χ0) is 21.9. The Morgan fingerprint density at radius 1 is 1.09 bits per heavy atom. The summed E-state index contributed by atoms with van der Waals surface area (Å²) in [6.07, 6.45) is 2.49. The SMILES string of the molecule is CC(C)Oc1ccc(NC(=NCCc2cccs2)NCCNC(=O)c2ccco2)cc1.I. The van der Waals surface area contributed by atoms with Crippen LogP contribution in [0.5, 0.6) is 5.75 Å². The lowest BCUT2D eigenvalue weighted by atomic mass is 10.3. The van der Waals surface area contributed by atoms with E-state index in [1.165, 1.54) is 11.1 Å². The van der Waals surface area contributed by atoms with Gasteiger partial charge in [0, 0.05) is 36.6 Å². The molecule has 3 N–H and O–H groups in total. The average Bonchev–Trinajstić information content (AvgIpc) is 3.46. The summed E-state index contributed by atoms with van der Waals surface area (Å²) in [6, 6.07) is 15.2. The summed E-state index contributed by atoms with van der Waals surface area (Å²) >= 11 is 1.73. The van der Waals surface area contributed by atoms with Gasteiger partial charge >= 0.3 is 0 Å². The first-order valence-corrected chi connectivity index (χ1v) is 11.1. The van der Waals surface area contributed by atoms with Crippen LogP contribution in [0, 0.1) is 0 Å². The number of halogens is 1. The van der Waals surface area contributed by atoms with Gasteiger partial charge in [-0.25, -0.2) is 0 Å². The van der Waals surface area contributed by atoms with E-state index in [4.69, 9.17) is 9.15 Å². The molecule has 0 radical (unpaired) electrons. The molecule has 2 heterocycles. The van der Waals surface area contributed by atoms with Crippen LogP contribution in [0.3, 0.4) is 0 Å². The lowest BCUT2D eigenvalue weighted by Gasteiger charge is -2.14. The van der Waals surface area contributed by atoms with Crippen molar-refractivity contribution in [1.29, 1.82) is 0 Å². The molecular formula is C23H29IN4O3S. The highest BCUT2D eigenvalue weighted by Gasteiger charge is 2.07. The van der Waals surface area contributed by atoms with Gasteiger partial charge in [0.05, 0.1) is 12.4 Å². The smallest absolute Gasteiger partial charge is 0.287 e. The number of anilines is 1. The number of nitrogens with one attached hydrogen (secondary N) is 3. The molecule has 0 spiro atoms. The van der Waals surface area contributed by atoms with Crippen molar-refractivity contribution in [2.75, 3.05) is 25.0 Å². The first-order chi connectivity index (χ1) is 15.1. The predicted molar refractivity (Wildman–Crippen MR) is 141 cm³/mol. The van der Waals surface area contributed by atoms with E-state index < -0.39 is 0 Å². The molecule has 0 saturated carbocycles. The zero-order valence-corrected chi connectivity index (χ0v) is 21.3. The van der Waals surface area contributed by atoms with Crippen molar-refractivity contribution in [2.45, 2.75) is 26.4 Å². The Morgan fingerprint density at radius 2 is 1.88 bits per heavy atom. The quantitative estimate of drug-likeness (QED) is 0.142. The van der Waals surface area contributed by atoms with Crippen LogP contribution in [0.1, 0.15) is 29.3 Å². The summed E-state index contributed by atoms with van der Waals surface area (Å²) < 4.78 is 10.8. The molecule has 3 aromatic rings. The second-order valence-electron chi connectivity index (χ2n) is 7.04. The van der Waals surface area contributed by atoms with E-state index in [0.717, 1.165) is 17.9 Å². The maximum absolute atomic E-state index is 12.0. The molecular weight excluding hydrogens is 539 g/mol. The van der Waals surface area contributed by atoms with Gasteiger partial charge in [-0.15, -0.1) is 35.3 Å². The lowest BCUT2D eigenvalue weighted by Crippen LogP contribution is -2.38. The fourth-order valence-corrected chi connectivity index (χ4v) is 3.45. The number of benzene rings is 1. The zero-order valence-electron chi connectivity index (χ0n) is 18.2. The lowest BCUT2D eigenvalue weighted by molar-refractivity contribution is 0.0926. The maximum Gasteiger partial charge on any atom is 0.287 e. The molecule has 7 nitrogen and oxygen atoms in total. The highest BCUT2D eigenvalue weighted by molar-refractivity contribution is 14.0. The number of ether oxygens (including phenoxy) is 1. The van der Waals surface area contributed by atoms with Crippen molar-refractivity contribution in [3.05, 3.63) is 70.8 Å². The number of nitrogens with zero attached hydrogens (tertiary/aromatic N) is 1. The van der Waals surface area contributed by atoms with Crippen molar-refractivity contribution in [3.63, 3.8) is 0 Å². The Bertz CT molecular complexity index is 942. The molecule has 0 aliphatic rings. The minimum Gasteiger partial charge on any atom is -0.491 e. The van der Waals surface area contributed by atoms with Gasteiger partial charge in [-0.05, 0) is 61.7 Å². The van der Waals surface area contributed by atoms with Crippen molar-refractivity contribution >= 4 is 52.9 Å². The molecule has 1 amide bonds. The van der Waals surface area contributed by atoms with E-state index in [2.05, 4.69) is 32.4 Å². The average molecular weight is 568 g/mol. The fraction of sp³-hybridized carbons (Fsp3) is 0.304. The largest absolute Gasteiger partial charge is 0.491 e. The predicted octanol–water partition coefficient (Wildman–Crippen LogP) is 4.78. The molecule has 172 valence electrons. The molecule has 0 aliphatic heterocycles. The van der Waals surface area contributed by atoms with Gasteiger partial charge in [-0.3, -0.25) is 9.79 Å². The van der Waals surface area contributed by atoms with Crippen molar-refractivity contribution in [1.82, 2.24) is 10.6 Å². The molecule has 0 saturated heterocycles. The van der Waals surface area contributed by atoms with E-state index >= 15 is 0 Å². The summed E-state index contributed by atoms with van der Waals surface area (Å²) in [4.78, 5) is 17.9. The molecule has 1 aromatic carbocycles. The Labute approximate surface area is 209 Å². The minimum atomic E-state index is -0.239. The number of hydrogen-bond donors (Lipinski definition) is 3. The van der Waals surface area contributed by atoms with Crippen LogP contribution in [-0.2, 0) is 6.42 Å². The summed E-state index contributed by atoms with van der Waals surface area (Å²) in [6.45, 7) is 5.61. The molecule has 0 unspecified atom stereocenters. The van der Waals surface area contributed by atoms with Crippen LogP contribution < -0.4 is 20.7 Å². The number of amides is 1. The molecule has 32 heavy (non-hydrogen) atoms. The third-order valence-corrected chi connectivity index (χ3v) is 5.08. The van der Waals surface area contributed by atoms with E-state index in [1.54, 1.807) is 23.5 Å². The molecule has 3 rings (SSSR count). The van der Waals surface area contributed by atoms with Gasteiger partial charge in [-0.2, -0.15) is 0 Å². The third kappa shape index (κ3) is 8.91. The molecule has 0 bridgehead atoms. The summed E-state index contributed by atoms with van der Waals surface area (Å²) in [7, 11) is 0. The van der Waals surface area contributed by atoms with Crippen LogP contribution in [0.2, 0.25) is 0 Å². The molecule has 0 atom stereocenters. The van der Waals surface area contributed by atoms with Crippen molar-refractivity contribution < 1.29 is 13.9 Å². The van der Waals surface area contributed by atoms with Crippen LogP contribution in [0.4, 0.5) is 5.69 Å². The Hall–Kier alpha value is -2.53. The highest BCUT2D eigenvalue weighted by Crippen LogP contribution is 2.17. The number of carbonyl (C=O) groups is 1. The first-order valence-electron chi connectivity index (χ1n) is 10.3. The number of hydrogen-bond acceptors (Lipinski definition) is 5. The topological polar surface area (TPSA) is 87.9 Å². The number of thiophene rings is 1. The van der Waals surface area contributed by atoms with E-state index in [-0.39, 0.29) is 36.0 Å². The Balaban J connectivity index is 0.00000363. The van der Waals surface area contributed by atoms with Gasteiger partial charge in [0.25, 0.3) is 5.91 Å². The molecule has 0 aliphatic carbocycles. The Morgan fingerprint density at radius 3 is 2.53 bits per heavy atom. The van der Waals surface area contributed by atoms with E-state index in [0.29, 0.717) is 31.4 Å².